The molecule has 0 aliphatic carbocycles. The molecular formula is C17H24N2O. The number of para-hydroxylation sites is 1. The number of hydrogen-bond acceptors (Lipinski definition) is 3. The molecule has 2 N–H and O–H groups in total. The molecule has 0 saturated carbocycles. The summed E-state index contributed by atoms with van der Waals surface area (Å²) in [5.74, 6) is 0.893. The second-order valence-electron chi connectivity index (χ2n) is 5.16. The van der Waals surface area contributed by atoms with Crippen LogP contribution in [0.15, 0.2) is 24.3 Å². The summed E-state index contributed by atoms with van der Waals surface area (Å²) in [6.07, 6.45) is 4.21. The summed E-state index contributed by atoms with van der Waals surface area (Å²) < 4.78 is 5.85. The van der Waals surface area contributed by atoms with Crippen LogP contribution in [0.3, 0.4) is 0 Å². The summed E-state index contributed by atoms with van der Waals surface area (Å²) in [6, 6.07) is 8.36. The van der Waals surface area contributed by atoms with Gasteiger partial charge in [-0.25, -0.2) is 4.98 Å². The molecule has 0 aliphatic rings. The van der Waals surface area contributed by atoms with Gasteiger partial charge in [-0.05, 0) is 50.4 Å². The molecule has 0 radical (unpaired) electrons. The van der Waals surface area contributed by atoms with Crippen molar-refractivity contribution in [2.45, 2.75) is 39.5 Å². The Morgan fingerprint density at radius 2 is 2.10 bits per heavy atom. The Balaban J connectivity index is 2.30. The number of nitrogens with two attached hydrogens (primary N) is 1. The highest BCUT2D eigenvalue weighted by molar-refractivity contribution is 5.85. The fourth-order valence-corrected chi connectivity index (χ4v) is 2.30. The van der Waals surface area contributed by atoms with Crippen LogP contribution >= 0.6 is 0 Å². The van der Waals surface area contributed by atoms with Gasteiger partial charge < -0.3 is 10.5 Å². The Morgan fingerprint density at radius 1 is 1.25 bits per heavy atom. The number of pyridine rings is 1. The Morgan fingerprint density at radius 3 is 2.85 bits per heavy atom. The van der Waals surface area contributed by atoms with E-state index in [1.165, 1.54) is 5.56 Å². The van der Waals surface area contributed by atoms with Gasteiger partial charge in [-0.3, -0.25) is 0 Å². The van der Waals surface area contributed by atoms with Crippen LogP contribution in [0.5, 0.6) is 5.75 Å². The van der Waals surface area contributed by atoms with E-state index in [1.807, 2.05) is 12.1 Å². The highest BCUT2D eigenvalue weighted by Gasteiger charge is 2.07. The van der Waals surface area contributed by atoms with Gasteiger partial charge in [-0.2, -0.15) is 0 Å². The number of nitrogens with zero attached hydrogens (tertiary/aromatic N) is 1. The lowest BCUT2D eigenvalue weighted by molar-refractivity contribution is 0.312. The summed E-state index contributed by atoms with van der Waals surface area (Å²) in [5, 5.41) is 1.15. The van der Waals surface area contributed by atoms with E-state index in [1.54, 1.807) is 0 Å². The van der Waals surface area contributed by atoms with Crippen molar-refractivity contribution in [2.75, 3.05) is 13.2 Å². The number of unbranched alkanes of at least 4 members (excludes halogenated alkanes) is 1. The van der Waals surface area contributed by atoms with E-state index in [0.29, 0.717) is 0 Å². The van der Waals surface area contributed by atoms with Crippen molar-refractivity contribution in [3.63, 3.8) is 0 Å². The molecule has 2 rings (SSSR count). The maximum atomic E-state index is 5.85. The molecule has 108 valence electrons. The average molecular weight is 272 g/mol. The predicted octanol–water partition coefficient (Wildman–Crippen LogP) is 3.61. The molecule has 1 aromatic carbocycles. The second-order valence-corrected chi connectivity index (χ2v) is 5.16. The Kier molecular flexibility index (Phi) is 5.36. The molecule has 0 saturated heterocycles. The van der Waals surface area contributed by atoms with Crippen molar-refractivity contribution in [2.24, 2.45) is 5.73 Å². The number of ether oxygens (including phenoxy) is 1. The fraction of sp³-hybridized carbons (Fsp3) is 0.471. The molecule has 3 heteroatoms. The van der Waals surface area contributed by atoms with Gasteiger partial charge in [0.05, 0.1) is 6.61 Å². The third-order valence-electron chi connectivity index (χ3n) is 3.51. The quantitative estimate of drug-likeness (QED) is 0.783. The molecule has 0 amide bonds. The van der Waals surface area contributed by atoms with Crippen LogP contribution in [-0.4, -0.2) is 18.1 Å². The summed E-state index contributed by atoms with van der Waals surface area (Å²) >= 11 is 0. The molecule has 2 aromatic rings. The molecular weight excluding hydrogens is 248 g/mol. The Bertz CT molecular complexity index is 566. The van der Waals surface area contributed by atoms with E-state index in [-0.39, 0.29) is 0 Å². The first-order valence-corrected chi connectivity index (χ1v) is 7.48. The van der Waals surface area contributed by atoms with Gasteiger partial charge >= 0.3 is 0 Å². The fourth-order valence-electron chi connectivity index (χ4n) is 2.30. The molecule has 20 heavy (non-hydrogen) atoms. The minimum absolute atomic E-state index is 0.720. The molecule has 3 nitrogen and oxygen atoms in total. The van der Waals surface area contributed by atoms with E-state index in [2.05, 4.69) is 26.0 Å². The minimum Gasteiger partial charge on any atom is -0.491 e. The van der Waals surface area contributed by atoms with E-state index >= 15 is 0 Å². The van der Waals surface area contributed by atoms with Crippen molar-refractivity contribution < 1.29 is 4.74 Å². The highest BCUT2D eigenvalue weighted by atomic mass is 16.5. The lowest BCUT2D eigenvalue weighted by Crippen LogP contribution is -2.03. The largest absolute Gasteiger partial charge is 0.491 e. The standard InChI is InChI=1S/C17H24N2O/c1-3-4-11-20-16-9-5-7-15-12-14(8-6-10-18)13(2)19-17(15)16/h5,7,9,12H,3-4,6,8,10-11,18H2,1-2H3. The molecule has 0 spiro atoms. The van der Waals surface area contributed by atoms with Crippen molar-refractivity contribution in [1.29, 1.82) is 0 Å². The normalized spacial score (nSPS) is 10.9. The molecule has 0 fully saturated rings. The summed E-state index contributed by atoms with van der Waals surface area (Å²) in [6.45, 7) is 5.70. The van der Waals surface area contributed by atoms with Gasteiger partial charge in [0.15, 0.2) is 0 Å². The van der Waals surface area contributed by atoms with Crippen LogP contribution < -0.4 is 10.5 Å². The monoisotopic (exact) mass is 272 g/mol. The van der Waals surface area contributed by atoms with Crippen LogP contribution in [0.25, 0.3) is 10.9 Å². The van der Waals surface area contributed by atoms with E-state index < -0.39 is 0 Å². The first kappa shape index (κ1) is 14.8. The molecule has 0 atom stereocenters. The summed E-state index contributed by atoms with van der Waals surface area (Å²) in [5.41, 5.74) is 8.93. The van der Waals surface area contributed by atoms with Gasteiger partial charge in [-0.15, -0.1) is 0 Å². The van der Waals surface area contributed by atoms with Gasteiger partial charge in [0.1, 0.15) is 11.3 Å². The summed E-state index contributed by atoms with van der Waals surface area (Å²) in [7, 11) is 0. The predicted molar refractivity (Wildman–Crippen MR) is 84.3 cm³/mol. The highest BCUT2D eigenvalue weighted by Crippen LogP contribution is 2.26. The van der Waals surface area contributed by atoms with Crippen LogP contribution in [0.2, 0.25) is 0 Å². The van der Waals surface area contributed by atoms with Gasteiger partial charge in [0.2, 0.25) is 0 Å². The van der Waals surface area contributed by atoms with Crippen molar-refractivity contribution in [3.05, 3.63) is 35.5 Å². The van der Waals surface area contributed by atoms with Crippen LogP contribution in [-0.2, 0) is 6.42 Å². The Hall–Kier alpha value is -1.61. The number of aromatic nitrogens is 1. The minimum atomic E-state index is 0.720. The third-order valence-corrected chi connectivity index (χ3v) is 3.51. The first-order chi connectivity index (χ1) is 9.76. The zero-order valence-electron chi connectivity index (χ0n) is 12.5. The molecule has 0 aliphatic heterocycles. The van der Waals surface area contributed by atoms with Crippen molar-refractivity contribution >= 4 is 10.9 Å². The van der Waals surface area contributed by atoms with Gasteiger partial charge in [0, 0.05) is 11.1 Å². The molecule has 1 heterocycles. The maximum Gasteiger partial charge on any atom is 0.145 e. The van der Waals surface area contributed by atoms with E-state index in [4.69, 9.17) is 15.5 Å². The number of fused-ring (bicyclic) bond motifs is 1. The maximum absolute atomic E-state index is 5.85. The molecule has 0 bridgehead atoms. The van der Waals surface area contributed by atoms with Gasteiger partial charge in [0.25, 0.3) is 0 Å². The molecule has 0 unspecified atom stereocenters. The average Bonchev–Trinajstić information content (AvgIpc) is 2.46. The van der Waals surface area contributed by atoms with Crippen LogP contribution in [0.1, 0.15) is 37.4 Å². The smallest absolute Gasteiger partial charge is 0.145 e. The van der Waals surface area contributed by atoms with Crippen LogP contribution in [0, 0.1) is 6.92 Å². The lowest BCUT2D eigenvalue weighted by Gasteiger charge is -2.11. The third kappa shape index (κ3) is 3.48. The Labute approximate surface area is 121 Å². The number of benzene rings is 1. The molecule has 1 aromatic heterocycles. The second kappa shape index (κ2) is 7.25. The SMILES string of the molecule is CCCCOc1cccc2cc(CCCN)c(C)nc12. The van der Waals surface area contributed by atoms with E-state index in [0.717, 1.165) is 61.2 Å². The van der Waals surface area contributed by atoms with Crippen molar-refractivity contribution in [1.82, 2.24) is 4.98 Å². The zero-order chi connectivity index (χ0) is 14.4. The van der Waals surface area contributed by atoms with Gasteiger partial charge in [-0.1, -0.05) is 25.5 Å². The topological polar surface area (TPSA) is 48.1 Å². The van der Waals surface area contributed by atoms with Crippen LogP contribution in [0.4, 0.5) is 0 Å². The van der Waals surface area contributed by atoms with Crippen molar-refractivity contribution in [3.8, 4) is 5.75 Å². The lowest BCUT2D eigenvalue weighted by atomic mass is 10.0. The number of aryl methyl sites for hydroxylation is 2. The zero-order valence-corrected chi connectivity index (χ0v) is 12.5. The number of hydrogen-bond donors (Lipinski definition) is 1. The van der Waals surface area contributed by atoms with E-state index in [9.17, 15) is 0 Å². The number of rotatable bonds is 7. The first-order valence-electron chi connectivity index (χ1n) is 7.48. The summed E-state index contributed by atoms with van der Waals surface area (Å²) in [4.78, 5) is 4.74.